The van der Waals surface area contributed by atoms with Crippen LogP contribution in [0.5, 0.6) is 0 Å². The second-order valence-electron chi connectivity index (χ2n) is 4.83. The summed E-state index contributed by atoms with van der Waals surface area (Å²) in [5, 5.41) is 0. The van der Waals surface area contributed by atoms with E-state index in [1.165, 1.54) is 12.5 Å². The van der Waals surface area contributed by atoms with Crippen LogP contribution in [0, 0.1) is 10.6 Å². The fourth-order valence-electron chi connectivity index (χ4n) is 2.89. The van der Waals surface area contributed by atoms with E-state index in [9.17, 15) is 4.39 Å². The van der Waals surface area contributed by atoms with Crippen molar-refractivity contribution in [1.29, 1.82) is 0 Å². The summed E-state index contributed by atoms with van der Waals surface area (Å²) in [4.78, 5) is 3.11. The van der Waals surface area contributed by atoms with E-state index in [0.29, 0.717) is 10.3 Å². The largest absolute Gasteiger partial charge is 0.330 e. The predicted octanol–water partition coefficient (Wildman–Crippen LogP) is 4.13. The van der Waals surface area contributed by atoms with Crippen molar-refractivity contribution >= 4 is 23.3 Å². The summed E-state index contributed by atoms with van der Waals surface area (Å²) >= 11 is 5.37. The molecule has 2 nitrogen and oxygen atoms in total. The van der Waals surface area contributed by atoms with Gasteiger partial charge in [-0.2, -0.15) is 0 Å². The van der Waals surface area contributed by atoms with Gasteiger partial charge in [0.15, 0.2) is 4.77 Å². The number of hydrogen-bond donors (Lipinski definition) is 1. The van der Waals surface area contributed by atoms with E-state index >= 15 is 0 Å². The molecular weight excluding hydrogens is 235 g/mol. The smallest absolute Gasteiger partial charge is 0.178 e. The van der Waals surface area contributed by atoms with Crippen molar-refractivity contribution in [2.24, 2.45) is 0 Å². The standard InChI is InChI=1S/C13H15FN2S/c1-2-13(7-4-8-13)16-11-9(14)5-3-6-10(11)15-12(16)17/h3,5-6H,2,4,7-8H2,1H3,(H,15,17). The van der Waals surface area contributed by atoms with Crippen LogP contribution in [0.1, 0.15) is 32.6 Å². The number of imidazole rings is 1. The molecule has 90 valence electrons. The summed E-state index contributed by atoms with van der Waals surface area (Å²) in [5.41, 5.74) is 1.48. The molecule has 1 heterocycles. The van der Waals surface area contributed by atoms with Gasteiger partial charge >= 0.3 is 0 Å². The zero-order valence-electron chi connectivity index (χ0n) is 9.79. The first-order chi connectivity index (χ1) is 8.18. The van der Waals surface area contributed by atoms with E-state index < -0.39 is 0 Å². The third-order valence-electron chi connectivity index (χ3n) is 4.07. The van der Waals surface area contributed by atoms with Gasteiger partial charge in [0.05, 0.1) is 5.52 Å². The van der Waals surface area contributed by atoms with Gasteiger partial charge in [0.1, 0.15) is 11.3 Å². The summed E-state index contributed by atoms with van der Waals surface area (Å²) in [6.45, 7) is 2.15. The average Bonchev–Trinajstić information content (AvgIpc) is 2.57. The Morgan fingerprint density at radius 3 is 2.82 bits per heavy atom. The lowest BCUT2D eigenvalue weighted by atomic mass is 9.74. The second-order valence-corrected chi connectivity index (χ2v) is 5.22. The molecule has 1 N–H and O–H groups in total. The fourth-order valence-corrected chi connectivity index (χ4v) is 3.28. The predicted molar refractivity (Wildman–Crippen MR) is 69.2 cm³/mol. The number of hydrogen-bond acceptors (Lipinski definition) is 1. The molecule has 0 amide bonds. The Balaban J connectivity index is 2.35. The number of rotatable bonds is 2. The SMILES string of the molecule is CCC1(n2c(=S)[nH]c3cccc(F)c32)CCC1. The number of benzene rings is 1. The molecule has 2 aromatic rings. The van der Waals surface area contributed by atoms with Gasteiger partial charge < -0.3 is 9.55 Å². The van der Waals surface area contributed by atoms with Gasteiger partial charge in [-0.3, -0.25) is 0 Å². The Labute approximate surface area is 104 Å². The number of fused-ring (bicyclic) bond motifs is 1. The van der Waals surface area contributed by atoms with Crippen LogP contribution in [0.3, 0.4) is 0 Å². The number of aromatic amines is 1. The molecule has 0 unspecified atom stereocenters. The Bertz CT molecular complexity index is 616. The van der Waals surface area contributed by atoms with Crippen LogP contribution in [-0.4, -0.2) is 9.55 Å². The highest BCUT2D eigenvalue weighted by Crippen LogP contribution is 2.44. The van der Waals surface area contributed by atoms with Gasteiger partial charge in [-0.05, 0) is 50.0 Å². The molecule has 0 aliphatic heterocycles. The molecule has 4 heteroatoms. The number of nitrogens with one attached hydrogen (secondary N) is 1. The number of halogens is 1. The summed E-state index contributed by atoms with van der Waals surface area (Å²) in [6, 6.07) is 5.10. The second kappa shape index (κ2) is 3.67. The normalized spacial score (nSPS) is 18.2. The van der Waals surface area contributed by atoms with E-state index in [-0.39, 0.29) is 11.4 Å². The van der Waals surface area contributed by atoms with Gasteiger partial charge in [0.2, 0.25) is 0 Å². The Morgan fingerprint density at radius 1 is 1.47 bits per heavy atom. The zero-order chi connectivity index (χ0) is 12.0. The van der Waals surface area contributed by atoms with E-state index in [1.807, 2.05) is 10.6 Å². The molecule has 3 rings (SSSR count). The first-order valence-electron chi connectivity index (χ1n) is 6.08. The molecule has 1 aromatic heterocycles. The van der Waals surface area contributed by atoms with Crippen LogP contribution in [0.4, 0.5) is 4.39 Å². The Hall–Kier alpha value is -1.16. The van der Waals surface area contributed by atoms with Gasteiger partial charge in [0.25, 0.3) is 0 Å². The van der Waals surface area contributed by atoms with Crippen molar-refractivity contribution in [2.75, 3.05) is 0 Å². The van der Waals surface area contributed by atoms with Crippen molar-refractivity contribution in [3.05, 3.63) is 28.8 Å². The minimum absolute atomic E-state index is 0.0392. The molecule has 0 spiro atoms. The minimum Gasteiger partial charge on any atom is -0.330 e. The summed E-state index contributed by atoms with van der Waals surface area (Å²) in [6.07, 6.45) is 4.40. The molecule has 0 saturated heterocycles. The maximum absolute atomic E-state index is 14.0. The molecule has 1 saturated carbocycles. The van der Waals surface area contributed by atoms with E-state index in [4.69, 9.17) is 12.2 Å². The molecule has 0 atom stereocenters. The third kappa shape index (κ3) is 1.40. The molecule has 0 bridgehead atoms. The van der Waals surface area contributed by atoms with Gasteiger partial charge in [-0.25, -0.2) is 4.39 Å². The molecule has 1 aliphatic rings. The molecule has 0 radical (unpaired) electrons. The quantitative estimate of drug-likeness (QED) is 0.795. The van der Waals surface area contributed by atoms with E-state index in [0.717, 1.165) is 24.8 Å². The lowest BCUT2D eigenvalue weighted by Gasteiger charge is -2.43. The average molecular weight is 250 g/mol. The highest BCUT2D eigenvalue weighted by Gasteiger charge is 2.39. The van der Waals surface area contributed by atoms with Crippen LogP contribution in [0.2, 0.25) is 0 Å². The first kappa shape index (κ1) is 11.0. The lowest BCUT2D eigenvalue weighted by molar-refractivity contribution is 0.139. The van der Waals surface area contributed by atoms with Crippen LogP contribution in [0.25, 0.3) is 11.0 Å². The van der Waals surface area contributed by atoms with Gasteiger partial charge in [0, 0.05) is 5.54 Å². The molecule has 1 aliphatic carbocycles. The highest BCUT2D eigenvalue weighted by molar-refractivity contribution is 7.71. The first-order valence-corrected chi connectivity index (χ1v) is 6.48. The maximum Gasteiger partial charge on any atom is 0.178 e. The minimum atomic E-state index is -0.186. The summed E-state index contributed by atoms with van der Waals surface area (Å²) in [7, 11) is 0. The van der Waals surface area contributed by atoms with E-state index in [1.54, 1.807) is 6.07 Å². The zero-order valence-corrected chi connectivity index (χ0v) is 10.6. The number of nitrogens with zero attached hydrogens (tertiary/aromatic N) is 1. The van der Waals surface area contributed by atoms with Crippen LogP contribution in [-0.2, 0) is 5.54 Å². The number of aromatic nitrogens is 2. The van der Waals surface area contributed by atoms with E-state index in [2.05, 4.69) is 11.9 Å². The Morgan fingerprint density at radius 2 is 2.24 bits per heavy atom. The summed E-state index contributed by atoms with van der Waals surface area (Å²) < 4.78 is 16.7. The summed E-state index contributed by atoms with van der Waals surface area (Å²) in [5.74, 6) is -0.186. The number of H-pyrrole nitrogens is 1. The maximum atomic E-state index is 14.0. The topological polar surface area (TPSA) is 20.7 Å². The highest BCUT2D eigenvalue weighted by atomic mass is 32.1. The third-order valence-corrected chi connectivity index (χ3v) is 4.36. The number of para-hydroxylation sites is 1. The van der Waals surface area contributed by atoms with Crippen LogP contribution >= 0.6 is 12.2 Å². The van der Waals surface area contributed by atoms with Gasteiger partial charge in [-0.1, -0.05) is 13.0 Å². The van der Waals surface area contributed by atoms with Gasteiger partial charge in [-0.15, -0.1) is 0 Å². The Kier molecular flexibility index (Phi) is 2.36. The monoisotopic (exact) mass is 250 g/mol. The lowest BCUT2D eigenvalue weighted by Crippen LogP contribution is -2.40. The van der Waals surface area contributed by atoms with Crippen molar-refractivity contribution in [3.8, 4) is 0 Å². The van der Waals surface area contributed by atoms with Crippen molar-refractivity contribution in [1.82, 2.24) is 9.55 Å². The molecule has 1 aromatic carbocycles. The van der Waals surface area contributed by atoms with Crippen molar-refractivity contribution < 1.29 is 4.39 Å². The molecule has 17 heavy (non-hydrogen) atoms. The fraction of sp³-hybridized carbons (Fsp3) is 0.462. The van der Waals surface area contributed by atoms with Crippen LogP contribution < -0.4 is 0 Å². The van der Waals surface area contributed by atoms with Crippen molar-refractivity contribution in [3.63, 3.8) is 0 Å². The molecule has 1 fully saturated rings. The molecular formula is C13H15FN2S. The van der Waals surface area contributed by atoms with Crippen molar-refractivity contribution in [2.45, 2.75) is 38.1 Å². The van der Waals surface area contributed by atoms with Crippen LogP contribution in [0.15, 0.2) is 18.2 Å².